The van der Waals surface area contributed by atoms with Gasteiger partial charge in [-0.3, -0.25) is 0 Å². The number of hydrogen-bond donors (Lipinski definition) is 0. The van der Waals surface area contributed by atoms with Crippen molar-refractivity contribution in [2.45, 2.75) is 0 Å². The Morgan fingerprint density at radius 2 is 0.833 bits per heavy atom. The molecule has 0 unspecified atom stereocenters. The summed E-state index contributed by atoms with van der Waals surface area (Å²) in [5.74, 6) is 0.703. The van der Waals surface area contributed by atoms with E-state index in [9.17, 15) is 0 Å². The zero-order chi connectivity index (χ0) is 14.1. The third-order valence-corrected chi connectivity index (χ3v) is 2.36. The van der Waals surface area contributed by atoms with Gasteiger partial charge in [-0.25, -0.2) is 9.13 Å². The Morgan fingerprint density at radius 3 is 1.04 bits per heavy atom. The normalized spacial score (nSPS) is 9.50. The number of nitrogens with zero attached hydrogens (tertiary/aromatic N) is 15. The van der Waals surface area contributed by atoms with Crippen molar-refractivity contribution in [3.8, 4) is 17.8 Å². The van der Waals surface area contributed by atoms with E-state index in [0.29, 0.717) is 0 Å². The molecule has 24 heavy (non-hydrogen) atoms. The van der Waals surface area contributed by atoms with Gasteiger partial charge >= 0.3 is 160 Å². The van der Waals surface area contributed by atoms with Crippen LogP contribution in [-0.4, -0.2) is 46.6 Å². The Labute approximate surface area is 260 Å². The second-order valence-corrected chi connectivity index (χ2v) is 3.60. The van der Waals surface area contributed by atoms with Gasteiger partial charge in [-0.15, -0.1) is 0 Å². The van der Waals surface area contributed by atoms with Crippen molar-refractivity contribution in [2.24, 2.45) is 0 Å². The first-order valence-electron chi connectivity index (χ1n) is 5.36. The van der Waals surface area contributed by atoms with Crippen LogP contribution in [-0.2, 0) is 0 Å². The van der Waals surface area contributed by atoms with Gasteiger partial charge in [0.15, 0.2) is 12.7 Å². The van der Waals surface area contributed by atoms with Crippen molar-refractivity contribution < 1.29 is 168 Å². The predicted molar refractivity (Wildman–Crippen MR) is 51.2 cm³/mol. The zero-order valence-electron chi connectivity index (χ0n) is 12.9. The number of hydrogen-bond acceptors (Lipinski definition) is 9. The largest absolute Gasteiger partial charge is 1.00 e. The van der Waals surface area contributed by atoms with Gasteiger partial charge in [-0.05, 0) is 20.9 Å². The van der Waals surface area contributed by atoms with Crippen LogP contribution in [0.4, 0.5) is 0 Å². The zero-order valence-corrected chi connectivity index (χ0v) is 22.3. The second-order valence-electron chi connectivity index (χ2n) is 3.60. The van der Waals surface area contributed by atoms with Crippen LogP contribution in [0.1, 0.15) is 0 Å². The average molecular weight is 402 g/mol. The summed E-state index contributed by atoms with van der Waals surface area (Å²) in [7, 11) is 0. The molecule has 0 aliphatic heterocycles. The number of tetrazole rings is 3. The Bertz CT molecular complexity index is 714. The Kier molecular flexibility index (Phi) is 10.7. The van der Waals surface area contributed by atoms with Crippen molar-refractivity contribution in [3.05, 3.63) is 19.0 Å². The summed E-state index contributed by atoms with van der Waals surface area (Å²) in [6.07, 6.45) is 4.74. The SMILES string of the molecule is [K+].[K+].[K+].c1[n+](-c2nnn[n-]2)c[n+](-c2nnn[n-]2)c[n+]1-c1nnn[n-]1. The molecule has 0 saturated heterocycles. The van der Waals surface area contributed by atoms with Crippen LogP contribution in [0.25, 0.3) is 17.8 Å². The molecule has 15 nitrogen and oxygen atoms in total. The molecule has 0 aliphatic rings. The van der Waals surface area contributed by atoms with Crippen LogP contribution >= 0.6 is 0 Å². The predicted octanol–water partition coefficient (Wildman–Crippen LogP) is -15.0. The molecule has 0 spiro atoms. The first-order valence-corrected chi connectivity index (χ1v) is 5.36. The van der Waals surface area contributed by atoms with Gasteiger partial charge in [0.1, 0.15) is 10.2 Å². The summed E-state index contributed by atoms with van der Waals surface area (Å²) in [5, 5.41) is 43.0. The summed E-state index contributed by atoms with van der Waals surface area (Å²) in [6.45, 7) is 0. The van der Waals surface area contributed by atoms with Crippen molar-refractivity contribution >= 4 is 0 Å². The smallest absolute Gasteiger partial charge is 0.243 e. The summed E-state index contributed by atoms with van der Waals surface area (Å²) in [5.41, 5.74) is 0. The molecule has 4 heterocycles. The molecule has 0 aliphatic carbocycles. The molecule has 0 bridgehead atoms. The van der Waals surface area contributed by atoms with Crippen LogP contribution in [0.5, 0.6) is 0 Å². The first-order chi connectivity index (χ1) is 10.4. The molecule has 0 amide bonds. The van der Waals surface area contributed by atoms with E-state index in [-0.39, 0.29) is 172 Å². The molecule has 0 aromatic carbocycles. The molecule has 0 radical (unpaired) electrons. The number of rotatable bonds is 3. The van der Waals surface area contributed by atoms with E-state index < -0.39 is 0 Å². The Morgan fingerprint density at radius 1 is 0.542 bits per heavy atom. The monoisotopic (exact) mass is 402 g/mol. The topological polar surface area (TPSA) is 170 Å². The molecular formula is C6H3K3N15+3. The van der Waals surface area contributed by atoms with Gasteiger partial charge in [0.25, 0.3) is 11.9 Å². The van der Waals surface area contributed by atoms with Crippen molar-refractivity contribution in [3.63, 3.8) is 0 Å². The van der Waals surface area contributed by atoms with Gasteiger partial charge in [0.2, 0.25) is 0 Å². The van der Waals surface area contributed by atoms with Crippen LogP contribution in [0.3, 0.4) is 0 Å². The van der Waals surface area contributed by atoms with Crippen LogP contribution < -0.4 is 183 Å². The molecule has 4 aromatic rings. The van der Waals surface area contributed by atoms with Crippen LogP contribution in [0, 0.1) is 0 Å². The van der Waals surface area contributed by atoms with Crippen molar-refractivity contribution in [2.75, 3.05) is 0 Å². The van der Waals surface area contributed by atoms with Gasteiger partial charge in [0.05, 0.1) is 16.8 Å². The van der Waals surface area contributed by atoms with Crippen LogP contribution in [0.15, 0.2) is 19.0 Å². The van der Waals surface area contributed by atoms with E-state index in [2.05, 4.69) is 61.9 Å². The van der Waals surface area contributed by atoms with E-state index in [0.717, 1.165) is 0 Å². The summed E-state index contributed by atoms with van der Waals surface area (Å²) < 4.78 is 4.52. The second kappa shape index (κ2) is 11.1. The molecular weight excluding hydrogens is 399 g/mol. The van der Waals surface area contributed by atoms with E-state index >= 15 is 0 Å². The van der Waals surface area contributed by atoms with Gasteiger partial charge in [-0.1, -0.05) is 20.4 Å². The maximum Gasteiger partial charge on any atom is 1.00 e. The first kappa shape index (κ1) is 23.2. The van der Waals surface area contributed by atoms with Gasteiger partial charge < -0.3 is 0 Å². The maximum absolute atomic E-state index is 3.75. The summed E-state index contributed by atoms with van der Waals surface area (Å²) >= 11 is 0. The average Bonchev–Trinajstić information content (AvgIpc) is 3.29. The fourth-order valence-corrected chi connectivity index (χ4v) is 1.53. The Balaban J connectivity index is 0.000000960. The third kappa shape index (κ3) is 5.32. The summed E-state index contributed by atoms with van der Waals surface area (Å²) in [4.78, 5) is 0. The van der Waals surface area contributed by atoms with Gasteiger partial charge in [0, 0.05) is 0 Å². The molecule has 4 aromatic heterocycles. The third-order valence-electron chi connectivity index (χ3n) is 2.36. The molecule has 0 atom stereocenters. The molecule has 18 heteroatoms. The van der Waals surface area contributed by atoms with E-state index in [1.807, 2.05) is 0 Å². The minimum Gasteiger partial charge on any atom is -0.243 e. The Hall–Kier alpha value is 1.13. The van der Waals surface area contributed by atoms with Crippen molar-refractivity contribution in [1.29, 1.82) is 0 Å². The minimum absolute atomic E-state index is 0. The minimum atomic E-state index is 0. The number of aromatic nitrogens is 15. The quantitative estimate of drug-likeness (QED) is 0.234. The van der Waals surface area contributed by atoms with E-state index in [1.54, 1.807) is 19.0 Å². The fraction of sp³-hybridized carbons (Fsp3) is 0. The molecule has 102 valence electrons. The molecule has 0 fully saturated rings. The van der Waals surface area contributed by atoms with Crippen molar-refractivity contribution in [1.82, 2.24) is 61.9 Å². The summed E-state index contributed by atoms with van der Waals surface area (Å²) in [6, 6.07) is 0. The fourth-order valence-electron chi connectivity index (χ4n) is 1.53. The van der Waals surface area contributed by atoms with E-state index in [4.69, 9.17) is 0 Å². The van der Waals surface area contributed by atoms with E-state index in [1.165, 1.54) is 13.7 Å². The molecule has 0 saturated carbocycles. The molecule has 0 N–H and O–H groups in total. The van der Waals surface area contributed by atoms with Crippen LogP contribution in [0.2, 0.25) is 0 Å². The van der Waals surface area contributed by atoms with Gasteiger partial charge in [-0.2, -0.15) is 4.57 Å². The molecule has 4 rings (SSSR count). The standard InChI is InChI=1S/C6H3N15.3K/c1-19(4-7-13-14-8-4)2-21(6-11-17-18-12-6)3-20(1)5-9-15-16-10-5;;;/h1-3H;;;/q;3*+1. The maximum atomic E-state index is 3.75.